The number of aromatic nitrogens is 1. The van der Waals surface area contributed by atoms with Crippen molar-refractivity contribution in [3.63, 3.8) is 0 Å². The second kappa shape index (κ2) is 6.02. The van der Waals surface area contributed by atoms with Crippen molar-refractivity contribution < 1.29 is 14.3 Å². The number of ketones is 1. The first-order chi connectivity index (χ1) is 9.10. The normalized spacial score (nSPS) is 16.0. The summed E-state index contributed by atoms with van der Waals surface area (Å²) in [6.45, 7) is 2.63. The number of carbonyl (C=O) groups is 2. The lowest BCUT2D eigenvalue weighted by Gasteiger charge is -2.12. The summed E-state index contributed by atoms with van der Waals surface area (Å²) in [5.74, 6) is 0.123. The van der Waals surface area contributed by atoms with Gasteiger partial charge in [0.15, 0.2) is 5.78 Å². The van der Waals surface area contributed by atoms with Crippen LogP contribution in [-0.4, -0.2) is 36.0 Å². The van der Waals surface area contributed by atoms with Crippen LogP contribution in [0.4, 0.5) is 0 Å². The topological polar surface area (TPSA) is 60.3 Å². The van der Waals surface area contributed by atoms with Crippen LogP contribution in [0.3, 0.4) is 0 Å². The molecule has 1 atom stereocenters. The maximum atomic E-state index is 11.8. The van der Waals surface area contributed by atoms with Crippen LogP contribution in [-0.2, 0) is 22.5 Å². The minimum Gasteiger partial charge on any atom is -0.383 e. The average molecular weight is 264 g/mol. The van der Waals surface area contributed by atoms with Crippen LogP contribution >= 0.6 is 0 Å². The molecule has 1 amide bonds. The van der Waals surface area contributed by atoms with E-state index in [2.05, 4.69) is 5.32 Å². The standard InChI is InChI=1S/C14H20N2O3/c1-10(9-19-2)15-14(18)8-16-6-11-4-3-5-13(17)12(11)7-16/h6-7,10H,3-5,8-9H2,1-2H3,(H,15,18). The Kier molecular flexibility index (Phi) is 4.37. The molecule has 104 valence electrons. The van der Waals surface area contributed by atoms with Crippen molar-refractivity contribution in [1.82, 2.24) is 9.88 Å². The molecule has 0 saturated carbocycles. The lowest BCUT2D eigenvalue weighted by molar-refractivity contribution is -0.122. The van der Waals surface area contributed by atoms with Gasteiger partial charge in [0, 0.05) is 37.5 Å². The van der Waals surface area contributed by atoms with Gasteiger partial charge in [-0.1, -0.05) is 0 Å². The molecular weight excluding hydrogens is 244 g/mol. The molecule has 1 heterocycles. The Morgan fingerprint density at radius 1 is 1.47 bits per heavy atom. The van der Waals surface area contributed by atoms with E-state index in [-0.39, 0.29) is 24.3 Å². The number of aryl methyl sites for hydroxylation is 1. The number of methoxy groups -OCH3 is 1. The second-order valence-electron chi connectivity index (χ2n) is 5.07. The zero-order valence-electron chi connectivity index (χ0n) is 11.4. The van der Waals surface area contributed by atoms with Crippen molar-refractivity contribution in [2.75, 3.05) is 13.7 Å². The summed E-state index contributed by atoms with van der Waals surface area (Å²) in [5, 5.41) is 2.85. The molecule has 1 unspecified atom stereocenters. The summed E-state index contributed by atoms with van der Waals surface area (Å²) >= 11 is 0. The maximum Gasteiger partial charge on any atom is 0.240 e. The van der Waals surface area contributed by atoms with Crippen LogP contribution in [0.5, 0.6) is 0 Å². The highest BCUT2D eigenvalue weighted by molar-refractivity contribution is 5.98. The van der Waals surface area contributed by atoms with Crippen molar-refractivity contribution in [2.45, 2.75) is 38.8 Å². The number of nitrogens with zero attached hydrogens (tertiary/aromatic N) is 1. The third-order valence-electron chi connectivity index (χ3n) is 3.26. The number of carbonyl (C=O) groups excluding carboxylic acids is 2. The van der Waals surface area contributed by atoms with E-state index < -0.39 is 0 Å². The Hall–Kier alpha value is -1.62. The smallest absolute Gasteiger partial charge is 0.240 e. The minimum atomic E-state index is -0.0654. The zero-order valence-corrected chi connectivity index (χ0v) is 11.4. The van der Waals surface area contributed by atoms with Gasteiger partial charge in [0.1, 0.15) is 6.54 Å². The van der Waals surface area contributed by atoms with Gasteiger partial charge in [-0.3, -0.25) is 9.59 Å². The first kappa shape index (κ1) is 13.8. The molecule has 0 spiro atoms. The molecule has 1 aromatic heterocycles. The summed E-state index contributed by atoms with van der Waals surface area (Å²) in [7, 11) is 1.61. The van der Waals surface area contributed by atoms with Crippen LogP contribution in [0.2, 0.25) is 0 Å². The molecule has 0 aromatic carbocycles. The fourth-order valence-corrected chi connectivity index (χ4v) is 2.45. The van der Waals surface area contributed by atoms with E-state index in [9.17, 15) is 9.59 Å². The predicted molar refractivity (Wildman–Crippen MR) is 71.2 cm³/mol. The van der Waals surface area contributed by atoms with Gasteiger partial charge in [0.05, 0.1) is 6.61 Å². The van der Waals surface area contributed by atoms with Gasteiger partial charge in [-0.2, -0.15) is 0 Å². The monoisotopic (exact) mass is 264 g/mol. The van der Waals surface area contributed by atoms with E-state index in [1.54, 1.807) is 17.9 Å². The first-order valence-corrected chi connectivity index (χ1v) is 6.60. The summed E-state index contributed by atoms with van der Waals surface area (Å²) < 4.78 is 6.76. The number of rotatable bonds is 5. The molecule has 5 nitrogen and oxygen atoms in total. The van der Waals surface area contributed by atoms with Crippen LogP contribution in [0.15, 0.2) is 12.4 Å². The fraction of sp³-hybridized carbons (Fsp3) is 0.571. The third-order valence-corrected chi connectivity index (χ3v) is 3.26. The molecule has 1 aliphatic carbocycles. The molecule has 1 aromatic rings. The van der Waals surface area contributed by atoms with Crippen molar-refractivity contribution in [1.29, 1.82) is 0 Å². The Morgan fingerprint density at radius 3 is 2.95 bits per heavy atom. The molecule has 1 aliphatic rings. The molecule has 2 rings (SSSR count). The number of nitrogens with one attached hydrogen (secondary N) is 1. The van der Waals surface area contributed by atoms with Crippen LogP contribution in [0.1, 0.15) is 35.7 Å². The number of hydrogen-bond donors (Lipinski definition) is 1. The van der Waals surface area contributed by atoms with Gasteiger partial charge >= 0.3 is 0 Å². The van der Waals surface area contributed by atoms with E-state index in [1.807, 2.05) is 13.1 Å². The number of amides is 1. The van der Waals surface area contributed by atoms with Crippen molar-refractivity contribution in [2.24, 2.45) is 0 Å². The van der Waals surface area contributed by atoms with Gasteiger partial charge in [0.2, 0.25) is 5.91 Å². The number of hydrogen-bond acceptors (Lipinski definition) is 3. The summed E-state index contributed by atoms with van der Waals surface area (Å²) in [6.07, 6.45) is 6.15. The van der Waals surface area contributed by atoms with Gasteiger partial charge in [0.25, 0.3) is 0 Å². The fourth-order valence-electron chi connectivity index (χ4n) is 2.45. The number of Topliss-reactive ketones (excluding diaryl/α,β-unsaturated/α-hetero) is 1. The lowest BCUT2D eigenvalue weighted by Crippen LogP contribution is -2.37. The number of ether oxygens (including phenoxy) is 1. The van der Waals surface area contributed by atoms with E-state index in [0.29, 0.717) is 13.0 Å². The number of fused-ring (bicyclic) bond motifs is 1. The zero-order chi connectivity index (χ0) is 13.8. The third kappa shape index (κ3) is 3.44. The summed E-state index contributed by atoms with van der Waals surface area (Å²) in [4.78, 5) is 23.5. The quantitative estimate of drug-likeness (QED) is 0.868. The van der Waals surface area contributed by atoms with Crippen LogP contribution in [0, 0.1) is 0 Å². The van der Waals surface area contributed by atoms with Gasteiger partial charge in [-0.25, -0.2) is 0 Å². The summed E-state index contributed by atoms with van der Waals surface area (Å²) in [6, 6.07) is -0.00989. The lowest BCUT2D eigenvalue weighted by atomic mass is 9.95. The minimum absolute atomic E-state index is 0.00989. The predicted octanol–water partition coefficient (Wildman–Crippen LogP) is 1.16. The van der Waals surface area contributed by atoms with Crippen molar-refractivity contribution in [3.8, 4) is 0 Å². The largest absolute Gasteiger partial charge is 0.383 e. The maximum absolute atomic E-state index is 11.8. The van der Waals surface area contributed by atoms with E-state index in [0.717, 1.165) is 24.0 Å². The van der Waals surface area contributed by atoms with Crippen LogP contribution < -0.4 is 5.32 Å². The highest BCUT2D eigenvalue weighted by Gasteiger charge is 2.19. The Labute approximate surface area is 112 Å². The first-order valence-electron chi connectivity index (χ1n) is 6.60. The molecule has 0 radical (unpaired) electrons. The molecule has 0 saturated heterocycles. The molecule has 1 N–H and O–H groups in total. The molecule has 0 bridgehead atoms. The molecule has 0 aliphatic heterocycles. The molecule has 5 heteroatoms. The van der Waals surface area contributed by atoms with E-state index >= 15 is 0 Å². The van der Waals surface area contributed by atoms with E-state index in [4.69, 9.17) is 4.74 Å². The van der Waals surface area contributed by atoms with Crippen molar-refractivity contribution >= 4 is 11.7 Å². The summed E-state index contributed by atoms with van der Waals surface area (Å²) in [5.41, 5.74) is 1.85. The Morgan fingerprint density at radius 2 is 2.26 bits per heavy atom. The second-order valence-corrected chi connectivity index (χ2v) is 5.07. The molecular formula is C14H20N2O3. The SMILES string of the molecule is COCC(C)NC(=O)Cn1cc2c(c1)C(=O)CCC2. The highest BCUT2D eigenvalue weighted by atomic mass is 16.5. The van der Waals surface area contributed by atoms with Gasteiger partial charge in [-0.15, -0.1) is 0 Å². The molecule has 0 fully saturated rings. The van der Waals surface area contributed by atoms with Gasteiger partial charge in [-0.05, 0) is 25.3 Å². The Bertz CT molecular complexity index is 479. The van der Waals surface area contributed by atoms with Crippen molar-refractivity contribution in [3.05, 3.63) is 23.5 Å². The van der Waals surface area contributed by atoms with E-state index in [1.165, 1.54) is 0 Å². The Balaban J connectivity index is 1.96. The average Bonchev–Trinajstić information content (AvgIpc) is 2.72. The van der Waals surface area contributed by atoms with Gasteiger partial charge < -0.3 is 14.6 Å². The van der Waals surface area contributed by atoms with Crippen LogP contribution in [0.25, 0.3) is 0 Å². The molecule has 19 heavy (non-hydrogen) atoms. The highest BCUT2D eigenvalue weighted by Crippen LogP contribution is 2.21.